The molecule has 0 aliphatic rings. The quantitative estimate of drug-likeness (QED) is 0.879. The minimum atomic E-state index is -0.855. The Morgan fingerprint density at radius 3 is 2.44 bits per heavy atom. The molecule has 1 heterocycles. The van der Waals surface area contributed by atoms with E-state index in [9.17, 15) is 5.11 Å². The standard InChI is InChI=1S/C15H17ClOS/c1-10-4-5-12(8-11(10)2)15(3,17)9-13-6-7-14(16)18-13/h4-8,17H,9H2,1-3H3. The molecule has 96 valence electrons. The highest BCUT2D eigenvalue weighted by molar-refractivity contribution is 7.16. The molecule has 1 N–H and O–H groups in total. The molecule has 0 bridgehead atoms. The predicted molar refractivity (Wildman–Crippen MR) is 78.5 cm³/mol. The monoisotopic (exact) mass is 280 g/mol. The Bertz CT molecular complexity index is 557. The molecule has 1 unspecified atom stereocenters. The molecule has 1 aromatic carbocycles. The van der Waals surface area contributed by atoms with E-state index in [1.807, 2.05) is 25.1 Å². The lowest BCUT2D eigenvalue weighted by Crippen LogP contribution is -2.23. The van der Waals surface area contributed by atoms with Gasteiger partial charge in [-0.15, -0.1) is 11.3 Å². The Kier molecular flexibility index (Phi) is 3.81. The molecule has 0 saturated carbocycles. The van der Waals surface area contributed by atoms with Crippen molar-refractivity contribution >= 4 is 22.9 Å². The van der Waals surface area contributed by atoms with E-state index in [1.54, 1.807) is 0 Å². The van der Waals surface area contributed by atoms with Crippen LogP contribution in [0.1, 0.15) is 28.5 Å². The van der Waals surface area contributed by atoms with E-state index in [0.717, 1.165) is 14.8 Å². The lowest BCUT2D eigenvalue weighted by molar-refractivity contribution is 0.0584. The van der Waals surface area contributed by atoms with Crippen LogP contribution < -0.4 is 0 Å². The van der Waals surface area contributed by atoms with Gasteiger partial charge in [0.1, 0.15) is 0 Å². The number of hydrogen-bond donors (Lipinski definition) is 1. The van der Waals surface area contributed by atoms with Gasteiger partial charge < -0.3 is 5.11 Å². The maximum absolute atomic E-state index is 10.6. The van der Waals surface area contributed by atoms with Gasteiger partial charge in [-0.25, -0.2) is 0 Å². The van der Waals surface area contributed by atoms with Crippen molar-refractivity contribution in [1.82, 2.24) is 0 Å². The highest BCUT2D eigenvalue weighted by Crippen LogP contribution is 2.31. The molecule has 0 amide bonds. The van der Waals surface area contributed by atoms with Crippen molar-refractivity contribution in [3.8, 4) is 0 Å². The highest BCUT2D eigenvalue weighted by atomic mass is 35.5. The van der Waals surface area contributed by atoms with Crippen LogP contribution in [0.25, 0.3) is 0 Å². The van der Waals surface area contributed by atoms with Crippen molar-refractivity contribution in [2.24, 2.45) is 0 Å². The summed E-state index contributed by atoms with van der Waals surface area (Å²) in [6.07, 6.45) is 0.590. The average Bonchev–Trinajstić information content (AvgIpc) is 2.67. The molecule has 3 heteroatoms. The number of rotatable bonds is 3. The molecule has 1 aromatic heterocycles. The molecule has 0 saturated heterocycles. The van der Waals surface area contributed by atoms with Gasteiger partial charge in [0.2, 0.25) is 0 Å². The van der Waals surface area contributed by atoms with Gasteiger partial charge in [0.15, 0.2) is 0 Å². The smallest absolute Gasteiger partial charge is 0.0931 e. The van der Waals surface area contributed by atoms with E-state index in [1.165, 1.54) is 22.5 Å². The van der Waals surface area contributed by atoms with Gasteiger partial charge in [-0.05, 0) is 49.6 Å². The second kappa shape index (κ2) is 5.04. The molecule has 0 aliphatic carbocycles. The third kappa shape index (κ3) is 2.94. The fourth-order valence-electron chi connectivity index (χ4n) is 1.96. The van der Waals surface area contributed by atoms with Crippen LogP contribution in [0.4, 0.5) is 0 Å². The summed E-state index contributed by atoms with van der Waals surface area (Å²) in [4.78, 5) is 1.10. The van der Waals surface area contributed by atoms with Crippen LogP contribution in [0.5, 0.6) is 0 Å². The number of thiophene rings is 1. The molecular formula is C15H17ClOS. The first-order chi connectivity index (χ1) is 8.38. The molecule has 2 aromatic rings. The lowest BCUT2D eigenvalue weighted by Gasteiger charge is -2.24. The molecule has 0 aliphatic heterocycles. The number of halogens is 1. The highest BCUT2D eigenvalue weighted by Gasteiger charge is 2.24. The van der Waals surface area contributed by atoms with E-state index >= 15 is 0 Å². The van der Waals surface area contributed by atoms with Crippen LogP contribution in [0.15, 0.2) is 30.3 Å². The topological polar surface area (TPSA) is 20.2 Å². The first-order valence-corrected chi connectivity index (χ1v) is 7.12. The van der Waals surface area contributed by atoms with Gasteiger partial charge in [-0.1, -0.05) is 29.8 Å². The molecule has 2 rings (SSSR count). The summed E-state index contributed by atoms with van der Waals surface area (Å²) in [5.74, 6) is 0. The second-order valence-corrected chi connectivity index (χ2v) is 6.76. The van der Waals surface area contributed by atoms with Crippen LogP contribution in [-0.2, 0) is 12.0 Å². The van der Waals surface area contributed by atoms with E-state index in [4.69, 9.17) is 11.6 Å². The van der Waals surface area contributed by atoms with Crippen LogP contribution in [0.3, 0.4) is 0 Å². The van der Waals surface area contributed by atoms with Crippen LogP contribution in [0, 0.1) is 13.8 Å². The maximum Gasteiger partial charge on any atom is 0.0931 e. The number of aliphatic hydroxyl groups is 1. The van der Waals surface area contributed by atoms with Crippen LogP contribution in [-0.4, -0.2) is 5.11 Å². The molecule has 1 nitrogen and oxygen atoms in total. The van der Waals surface area contributed by atoms with Gasteiger partial charge in [-0.3, -0.25) is 0 Å². The Balaban J connectivity index is 2.26. The lowest BCUT2D eigenvalue weighted by atomic mass is 9.90. The zero-order valence-corrected chi connectivity index (χ0v) is 12.4. The molecule has 0 radical (unpaired) electrons. The molecule has 0 fully saturated rings. The molecular weight excluding hydrogens is 264 g/mol. The van der Waals surface area contributed by atoms with Gasteiger partial charge in [0.05, 0.1) is 9.94 Å². The van der Waals surface area contributed by atoms with Gasteiger partial charge in [0.25, 0.3) is 0 Å². The Morgan fingerprint density at radius 2 is 1.89 bits per heavy atom. The van der Waals surface area contributed by atoms with Crippen LogP contribution >= 0.6 is 22.9 Å². The molecule has 1 atom stereocenters. The Hall–Kier alpha value is -0.830. The predicted octanol–water partition coefficient (Wildman–Crippen LogP) is 4.47. The number of hydrogen-bond acceptors (Lipinski definition) is 2. The zero-order chi connectivity index (χ0) is 13.3. The SMILES string of the molecule is Cc1ccc(C(C)(O)Cc2ccc(Cl)s2)cc1C. The van der Waals surface area contributed by atoms with Crippen molar-refractivity contribution in [3.05, 3.63) is 56.2 Å². The number of benzene rings is 1. The van der Waals surface area contributed by atoms with Crippen molar-refractivity contribution in [2.45, 2.75) is 32.8 Å². The number of aryl methyl sites for hydroxylation is 2. The Labute approximate surface area is 117 Å². The summed E-state index contributed by atoms with van der Waals surface area (Å²) < 4.78 is 0.765. The normalized spacial score (nSPS) is 14.5. The summed E-state index contributed by atoms with van der Waals surface area (Å²) in [7, 11) is 0. The largest absolute Gasteiger partial charge is 0.385 e. The van der Waals surface area contributed by atoms with E-state index < -0.39 is 5.60 Å². The molecule has 18 heavy (non-hydrogen) atoms. The average molecular weight is 281 g/mol. The van der Waals surface area contributed by atoms with Gasteiger partial charge in [0, 0.05) is 11.3 Å². The van der Waals surface area contributed by atoms with Crippen molar-refractivity contribution in [2.75, 3.05) is 0 Å². The fourth-order valence-corrected chi connectivity index (χ4v) is 3.20. The summed E-state index contributed by atoms with van der Waals surface area (Å²) in [5, 5.41) is 10.6. The molecule has 0 spiro atoms. The summed E-state index contributed by atoms with van der Waals surface area (Å²) >= 11 is 7.44. The van der Waals surface area contributed by atoms with Gasteiger partial charge in [-0.2, -0.15) is 0 Å². The first kappa shape index (κ1) is 13.6. The van der Waals surface area contributed by atoms with E-state index in [2.05, 4.69) is 26.0 Å². The second-order valence-electron chi connectivity index (χ2n) is 4.96. The van der Waals surface area contributed by atoms with Crippen molar-refractivity contribution < 1.29 is 5.11 Å². The minimum absolute atomic E-state index is 0.590. The minimum Gasteiger partial charge on any atom is -0.385 e. The third-order valence-electron chi connectivity index (χ3n) is 3.28. The van der Waals surface area contributed by atoms with E-state index in [-0.39, 0.29) is 0 Å². The van der Waals surface area contributed by atoms with Crippen LogP contribution in [0.2, 0.25) is 4.34 Å². The third-order valence-corrected chi connectivity index (χ3v) is 4.51. The summed E-state index contributed by atoms with van der Waals surface area (Å²) in [5.41, 5.74) is 2.55. The van der Waals surface area contributed by atoms with E-state index in [0.29, 0.717) is 6.42 Å². The Morgan fingerprint density at radius 1 is 1.17 bits per heavy atom. The summed E-state index contributed by atoms with van der Waals surface area (Å²) in [6.45, 7) is 5.99. The maximum atomic E-state index is 10.6. The van der Waals surface area contributed by atoms with Gasteiger partial charge >= 0.3 is 0 Å². The summed E-state index contributed by atoms with van der Waals surface area (Å²) in [6, 6.07) is 9.96. The van der Waals surface area contributed by atoms with Crippen molar-refractivity contribution in [1.29, 1.82) is 0 Å². The van der Waals surface area contributed by atoms with Crippen molar-refractivity contribution in [3.63, 3.8) is 0 Å². The zero-order valence-electron chi connectivity index (χ0n) is 10.8. The fraction of sp³-hybridized carbons (Fsp3) is 0.333. The first-order valence-electron chi connectivity index (χ1n) is 5.93.